The quantitative estimate of drug-likeness (QED) is 0.831. The third-order valence-electron chi connectivity index (χ3n) is 3.44. The van der Waals surface area contributed by atoms with E-state index < -0.39 is 0 Å². The molecule has 0 aliphatic carbocycles. The zero-order valence-electron chi connectivity index (χ0n) is 13.1. The summed E-state index contributed by atoms with van der Waals surface area (Å²) in [5.74, 6) is 0.0473. The monoisotopic (exact) mass is 277 g/mol. The molecule has 0 spiro atoms. The molecular weight excluding hydrogens is 250 g/mol. The summed E-state index contributed by atoms with van der Waals surface area (Å²) >= 11 is 0. The Bertz CT molecular complexity index is 414. The van der Waals surface area contributed by atoms with Gasteiger partial charge in [0.1, 0.15) is 0 Å². The standard InChI is InChI=1S/C16H27N3O/c1-5-7-15(17)16(20)19(6-2)12-13-8-10-14(11-9-13)18(3)4/h8-11,15H,5-7,12,17H2,1-4H3. The second-order valence-electron chi connectivity index (χ2n) is 5.31. The number of hydrogen-bond acceptors (Lipinski definition) is 3. The maximum atomic E-state index is 12.2. The second kappa shape index (κ2) is 7.90. The van der Waals surface area contributed by atoms with E-state index in [1.165, 1.54) is 0 Å². The molecule has 0 aliphatic heterocycles. The zero-order valence-corrected chi connectivity index (χ0v) is 13.1. The molecule has 1 unspecified atom stereocenters. The first-order valence-corrected chi connectivity index (χ1v) is 7.30. The molecule has 4 nitrogen and oxygen atoms in total. The number of hydrogen-bond donors (Lipinski definition) is 1. The number of likely N-dealkylation sites (N-methyl/N-ethyl adjacent to an activating group) is 1. The van der Waals surface area contributed by atoms with Gasteiger partial charge in [0.05, 0.1) is 6.04 Å². The highest BCUT2D eigenvalue weighted by atomic mass is 16.2. The topological polar surface area (TPSA) is 49.6 Å². The number of carbonyl (C=O) groups excluding carboxylic acids is 1. The van der Waals surface area contributed by atoms with Gasteiger partial charge in [-0.05, 0) is 31.0 Å². The molecule has 4 heteroatoms. The number of benzene rings is 1. The Morgan fingerprint density at radius 3 is 2.25 bits per heavy atom. The summed E-state index contributed by atoms with van der Waals surface area (Å²) in [5.41, 5.74) is 8.22. The average Bonchev–Trinajstić information content (AvgIpc) is 2.44. The van der Waals surface area contributed by atoms with E-state index in [0.717, 1.165) is 24.1 Å². The fourth-order valence-corrected chi connectivity index (χ4v) is 2.13. The van der Waals surface area contributed by atoms with E-state index in [4.69, 9.17) is 5.73 Å². The van der Waals surface area contributed by atoms with Crippen molar-refractivity contribution < 1.29 is 4.79 Å². The summed E-state index contributed by atoms with van der Waals surface area (Å²) in [7, 11) is 4.03. The number of amides is 1. The van der Waals surface area contributed by atoms with Crippen molar-refractivity contribution in [3.8, 4) is 0 Å². The van der Waals surface area contributed by atoms with Crippen LogP contribution in [0.5, 0.6) is 0 Å². The first-order chi connectivity index (χ1) is 9.49. The fraction of sp³-hybridized carbons (Fsp3) is 0.562. The molecular formula is C16H27N3O. The van der Waals surface area contributed by atoms with Gasteiger partial charge in [0, 0.05) is 32.9 Å². The molecule has 112 valence electrons. The van der Waals surface area contributed by atoms with Gasteiger partial charge in [-0.3, -0.25) is 4.79 Å². The van der Waals surface area contributed by atoms with Gasteiger partial charge < -0.3 is 15.5 Å². The molecule has 20 heavy (non-hydrogen) atoms. The molecule has 0 bridgehead atoms. The van der Waals surface area contributed by atoms with Crippen molar-refractivity contribution in [2.45, 2.75) is 39.3 Å². The predicted octanol–water partition coefficient (Wildman–Crippen LogP) is 2.23. The number of carbonyl (C=O) groups is 1. The third kappa shape index (κ3) is 4.53. The molecule has 0 radical (unpaired) electrons. The molecule has 1 atom stereocenters. The van der Waals surface area contributed by atoms with E-state index in [0.29, 0.717) is 13.1 Å². The van der Waals surface area contributed by atoms with Gasteiger partial charge >= 0.3 is 0 Å². The van der Waals surface area contributed by atoms with Crippen molar-refractivity contribution in [3.05, 3.63) is 29.8 Å². The summed E-state index contributed by atoms with van der Waals surface area (Å²) in [5, 5.41) is 0. The number of nitrogens with two attached hydrogens (primary N) is 1. The molecule has 2 N–H and O–H groups in total. The molecule has 0 saturated carbocycles. The summed E-state index contributed by atoms with van der Waals surface area (Å²) in [6.07, 6.45) is 1.68. The Kier molecular flexibility index (Phi) is 6.52. The van der Waals surface area contributed by atoms with Crippen LogP contribution < -0.4 is 10.6 Å². The summed E-state index contributed by atoms with van der Waals surface area (Å²) in [6.45, 7) is 5.35. The van der Waals surface area contributed by atoms with Gasteiger partial charge in [0.2, 0.25) is 5.91 Å². The lowest BCUT2D eigenvalue weighted by Gasteiger charge is -2.24. The van der Waals surface area contributed by atoms with Gasteiger partial charge in [-0.25, -0.2) is 0 Å². The van der Waals surface area contributed by atoms with Gasteiger partial charge in [-0.1, -0.05) is 25.5 Å². The maximum absolute atomic E-state index is 12.2. The van der Waals surface area contributed by atoms with Crippen molar-refractivity contribution in [3.63, 3.8) is 0 Å². The third-order valence-corrected chi connectivity index (χ3v) is 3.44. The van der Waals surface area contributed by atoms with Crippen LogP contribution in [-0.2, 0) is 11.3 Å². The Morgan fingerprint density at radius 1 is 1.20 bits per heavy atom. The minimum Gasteiger partial charge on any atom is -0.378 e. The average molecular weight is 277 g/mol. The number of nitrogens with zero attached hydrogens (tertiary/aromatic N) is 2. The van der Waals surface area contributed by atoms with Crippen LogP contribution in [0.1, 0.15) is 32.3 Å². The minimum atomic E-state index is -0.374. The Labute approximate surface area is 122 Å². The smallest absolute Gasteiger partial charge is 0.239 e. The van der Waals surface area contributed by atoms with Crippen LogP contribution in [0.15, 0.2) is 24.3 Å². The Hall–Kier alpha value is -1.55. The summed E-state index contributed by atoms with van der Waals surface area (Å²) < 4.78 is 0. The van der Waals surface area contributed by atoms with E-state index >= 15 is 0 Å². The molecule has 0 aliphatic rings. The van der Waals surface area contributed by atoms with Crippen LogP contribution in [0.25, 0.3) is 0 Å². The normalized spacial score (nSPS) is 12.1. The highest BCUT2D eigenvalue weighted by molar-refractivity contribution is 5.81. The lowest BCUT2D eigenvalue weighted by Crippen LogP contribution is -2.43. The number of rotatable bonds is 7. The molecule has 0 heterocycles. The molecule has 1 aromatic carbocycles. The van der Waals surface area contributed by atoms with E-state index in [2.05, 4.69) is 29.2 Å². The van der Waals surface area contributed by atoms with Crippen molar-refractivity contribution in [2.24, 2.45) is 5.73 Å². The van der Waals surface area contributed by atoms with Crippen molar-refractivity contribution >= 4 is 11.6 Å². The van der Waals surface area contributed by atoms with Gasteiger partial charge in [0.15, 0.2) is 0 Å². The molecule has 0 fully saturated rings. The van der Waals surface area contributed by atoms with E-state index in [1.54, 1.807) is 0 Å². The van der Waals surface area contributed by atoms with E-state index in [9.17, 15) is 4.79 Å². The fourth-order valence-electron chi connectivity index (χ4n) is 2.13. The van der Waals surface area contributed by atoms with Gasteiger partial charge in [0.25, 0.3) is 0 Å². The van der Waals surface area contributed by atoms with Crippen LogP contribution in [-0.4, -0.2) is 37.5 Å². The highest BCUT2D eigenvalue weighted by Crippen LogP contribution is 2.14. The van der Waals surface area contributed by atoms with Crippen LogP contribution in [0, 0.1) is 0 Å². The van der Waals surface area contributed by atoms with Crippen LogP contribution in [0.2, 0.25) is 0 Å². The van der Waals surface area contributed by atoms with Crippen LogP contribution in [0.4, 0.5) is 5.69 Å². The lowest BCUT2D eigenvalue weighted by molar-refractivity contribution is -0.133. The zero-order chi connectivity index (χ0) is 15.1. The second-order valence-corrected chi connectivity index (χ2v) is 5.31. The largest absolute Gasteiger partial charge is 0.378 e. The molecule has 0 saturated heterocycles. The SMILES string of the molecule is CCCC(N)C(=O)N(CC)Cc1ccc(N(C)C)cc1. The minimum absolute atomic E-state index is 0.0473. The molecule has 1 aromatic rings. The maximum Gasteiger partial charge on any atom is 0.239 e. The first-order valence-electron chi connectivity index (χ1n) is 7.30. The highest BCUT2D eigenvalue weighted by Gasteiger charge is 2.19. The van der Waals surface area contributed by atoms with Crippen molar-refractivity contribution in [1.29, 1.82) is 0 Å². The van der Waals surface area contributed by atoms with Crippen molar-refractivity contribution in [1.82, 2.24) is 4.90 Å². The van der Waals surface area contributed by atoms with Crippen LogP contribution in [0.3, 0.4) is 0 Å². The molecule has 1 amide bonds. The molecule has 1 rings (SSSR count). The Morgan fingerprint density at radius 2 is 1.80 bits per heavy atom. The van der Waals surface area contributed by atoms with Crippen LogP contribution >= 0.6 is 0 Å². The van der Waals surface area contributed by atoms with Crippen molar-refractivity contribution in [2.75, 3.05) is 25.5 Å². The van der Waals surface area contributed by atoms with E-state index in [-0.39, 0.29) is 11.9 Å². The molecule has 0 aromatic heterocycles. The van der Waals surface area contributed by atoms with Gasteiger partial charge in [-0.2, -0.15) is 0 Å². The predicted molar refractivity (Wildman–Crippen MR) is 84.7 cm³/mol. The number of anilines is 1. The lowest BCUT2D eigenvalue weighted by atomic mass is 10.1. The Balaban J connectivity index is 2.70. The van der Waals surface area contributed by atoms with Gasteiger partial charge in [-0.15, -0.1) is 0 Å². The first kappa shape index (κ1) is 16.5. The van der Waals surface area contributed by atoms with E-state index in [1.807, 2.05) is 32.8 Å². The summed E-state index contributed by atoms with van der Waals surface area (Å²) in [6, 6.07) is 7.90. The summed E-state index contributed by atoms with van der Waals surface area (Å²) in [4.78, 5) is 16.1.